The number of aliphatic carboxylic acids is 2. The molecular weight excluding hydrogens is 567 g/mol. The molecule has 8 N–H and O–H groups in total. The molecule has 0 saturated carbocycles. The second kappa shape index (κ2) is 14.6. The van der Waals surface area contributed by atoms with Crippen LogP contribution in [0, 0.1) is 5.92 Å². The van der Waals surface area contributed by atoms with E-state index in [1.165, 1.54) is 24.3 Å². The number of nitrogens with one attached hydrogen (secondary N) is 4. The van der Waals surface area contributed by atoms with E-state index >= 15 is 0 Å². The minimum absolute atomic E-state index is 0.0189. The van der Waals surface area contributed by atoms with Gasteiger partial charge in [0.25, 0.3) is 0 Å². The molecule has 41 heavy (non-hydrogen) atoms. The summed E-state index contributed by atoms with van der Waals surface area (Å²) in [6.07, 6.45) is -0.983. The standard InChI is InChI=1S/C24H33N4O12P/c1-3-12(2)20(24(35)36)28-21(32)15(8-9-19(30)31)25-18(29)11-17-23(34)26-16(22(33)27-17)10-13-4-6-14(7-5-13)40-41(37,38)39/h4-7,12,15-17,20H,3,8-11H2,1-2H3,(H,25,29)(H,26,34)(H,27,33)(H,28,32)(H,30,31)(H,35,36)(H2,37,38,39)/t12-,15+,16+,17+,20+/m1/s1. The van der Waals surface area contributed by atoms with Gasteiger partial charge in [-0.2, -0.15) is 0 Å². The van der Waals surface area contributed by atoms with Crippen molar-refractivity contribution in [2.24, 2.45) is 5.92 Å². The van der Waals surface area contributed by atoms with Crippen LogP contribution in [0.25, 0.3) is 0 Å². The Kier molecular flexibility index (Phi) is 11.8. The van der Waals surface area contributed by atoms with Crippen LogP contribution in [0.4, 0.5) is 0 Å². The number of piperazine rings is 1. The molecule has 1 fully saturated rings. The van der Waals surface area contributed by atoms with E-state index in [4.69, 9.17) is 14.9 Å². The SMILES string of the molecule is CC[C@@H](C)[C@H](NC(=O)[C@H](CCC(=O)O)NC(=O)C[C@@H]1NC(=O)[C@H](Cc2ccc(OP(=O)(O)O)cc2)NC1=O)C(=O)O. The fourth-order valence-electron chi connectivity index (χ4n) is 3.93. The molecule has 1 heterocycles. The molecule has 0 aromatic heterocycles. The zero-order chi connectivity index (χ0) is 30.9. The molecule has 0 spiro atoms. The molecule has 1 aliphatic rings. The lowest BCUT2D eigenvalue weighted by molar-refractivity contribution is -0.144. The largest absolute Gasteiger partial charge is 0.524 e. The molecule has 1 saturated heterocycles. The molecule has 2 rings (SSSR count). The molecule has 0 unspecified atom stereocenters. The van der Waals surface area contributed by atoms with Gasteiger partial charge in [0.1, 0.15) is 29.9 Å². The summed E-state index contributed by atoms with van der Waals surface area (Å²) >= 11 is 0. The number of carbonyl (C=O) groups is 6. The second-order valence-electron chi connectivity index (χ2n) is 9.52. The van der Waals surface area contributed by atoms with E-state index in [0.717, 1.165) is 0 Å². The van der Waals surface area contributed by atoms with Crippen molar-refractivity contribution in [1.82, 2.24) is 21.3 Å². The van der Waals surface area contributed by atoms with Crippen LogP contribution in [0.2, 0.25) is 0 Å². The average Bonchev–Trinajstić information content (AvgIpc) is 2.87. The number of phosphoric acid groups is 1. The fourth-order valence-corrected chi connectivity index (χ4v) is 4.33. The molecule has 17 heteroatoms. The predicted molar refractivity (Wildman–Crippen MR) is 139 cm³/mol. The van der Waals surface area contributed by atoms with E-state index in [2.05, 4.69) is 25.8 Å². The normalized spacial score (nSPS) is 19.1. The molecule has 4 amide bonds. The highest BCUT2D eigenvalue weighted by Crippen LogP contribution is 2.37. The molecule has 1 aliphatic heterocycles. The van der Waals surface area contributed by atoms with Crippen LogP contribution in [0.5, 0.6) is 5.75 Å². The van der Waals surface area contributed by atoms with Crippen LogP contribution in [0.15, 0.2) is 24.3 Å². The van der Waals surface area contributed by atoms with E-state index < -0.39 is 86.3 Å². The third-order valence-corrected chi connectivity index (χ3v) is 6.77. The summed E-state index contributed by atoms with van der Waals surface area (Å²) in [5.74, 6) is -6.16. The minimum atomic E-state index is -4.74. The molecule has 226 valence electrons. The Hall–Kier alpha value is -4.01. The van der Waals surface area contributed by atoms with Gasteiger partial charge >= 0.3 is 19.8 Å². The number of carboxylic acids is 2. The molecule has 16 nitrogen and oxygen atoms in total. The molecule has 1 aromatic carbocycles. The molecule has 0 bridgehead atoms. The van der Waals surface area contributed by atoms with Crippen LogP contribution in [-0.2, 0) is 39.8 Å². The second-order valence-corrected chi connectivity index (χ2v) is 10.7. The lowest BCUT2D eigenvalue weighted by atomic mass is 9.98. The lowest BCUT2D eigenvalue weighted by Crippen LogP contribution is -2.63. The third-order valence-electron chi connectivity index (χ3n) is 6.32. The van der Waals surface area contributed by atoms with Gasteiger partial charge in [-0.05, 0) is 30.0 Å². The Labute approximate surface area is 234 Å². The summed E-state index contributed by atoms with van der Waals surface area (Å²) in [6, 6.07) is 0.464. The van der Waals surface area contributed by atoms with Gasteiger partial charge < -0.3 is 36.0 Å². The van der Waals surface area contributed by atoms with Gasteiger partial charge in [0.2, 0.25) is 23.6 Å². The van der Waals surface area contributed by atoms with E-state index in [0.29, 0.717) is 12.0 Å². The number of hydrogen-bond donors (Lipinski definition) is 8. The van der Waals surface area contributed by atoms with Crippen molar-refractivity contribution >= 4 is 43.4 Å². The smallest absolute Gasteiger partial charge is 0.481 e. The highest BCUT2D eigenvalue weighted by molar-refractivity contribution is 7.46. The first kappa shape index (κ1) is 33.2. The lowest BCUT2D eigenvalue weighted by Gasteiger charge is -2.30. The monoisotopic (exact) mass is 600 g/mol. The number of phosphoric ester groups is 1. The minimum Gasteiger partial charge on any atom is -0.481 e. The fraction of sp³-hybridized carbons (Fsp3) is 0.500. The highest BCUT2D eigenvalue weighted by Gasteiger charge is 2.36. The number of amides is 4. The number of benzene rings is 1. The Morgan fingerprint density at radius 2 is 1.59 bits per heavy atom. The summed E-state index contributed by atoms with van der Waals surface area (Å²) in [5.41, 5.74) is 0.532. The first-order valence-corrected chi connectivity index (χ1v) is 14.1. The summed E-state index contributed by atoms with van der Waals surface area (Å²) in [6.45, 7) is 3.34. The Bertz CT molecular complexity index is 1200. The van der Waals surface area contributed by atoms with E-state index in [9.17, 15) is 38.4 Å². The highest BCUT2D eigenvalue weighted by atomic mass is 31.2. The quantitative estimate of drug-likeness (QED) is 0.113. The zero-order valence-electron chi connectivity index (χ0n) is 22.2. The van der Waals surface area contributed by atoms with Crippen molar-refractivity contribution < 1.29 is 57.9 Å². The number of carboxylic acid groups (broad SMARTS) is 2. The maximum absolute atomic E-state index is 12.8. The van der Waals surface area contributed by atoms with E-state index in [1.807, 2.05) is 0 Å². The van der Waals surface area contributed by atoms with Crippen molar-refractivity contribution in [2.75, 3.05) is 0 Å². The van der Waals surface area contributed by atoms with Gasteiger partial charge in [0.15, 0.2) is 0 Å². The Balaban J connectivity index is 2.00. The predicted octanol–water partition coefficient (Wildman–Crippen LogP) is -0.961. The molecule has 1 aromatic rings. The Morgan fingerprint density at radius 1 is 1.00 bits per heavy atom. The summed E-state index contributed by atoms with van der Waals surface area (Å²) in [5, 5.41) is 28.0. The van der Waals surface area contributed by atoms with Gasteiger partial charge in [-0.15, -0.1) is 0 Å². The van der Waals surface area contributed by atoms with E-state index in [-0.39, 0.29) is 18.6 Å². The maximum Gasteiger partial charge on any atom is 0.524 e. The first-order chi connectivity index (χ1) is 19.1. The van der Waals surface area contributed by atoms with Gasteiger partial charge in [-0.25, -0.2) is 9.36 Å². The van der Waals surface area contributed by atoms with Crippen LogP contribution in [0.1, 0.15) is 45.1 Å². The third kappa shape index (κ3) is 10.8. The number of carbonyl (C=O) groups excluding carboxylic acids is 4. The average molecular weight is 601 g/mol. The van der Waals surface area contributed by atoms with Crippen molar-refractivity contribution in [3.8, 4) is 5.75 Å². The number of rotatable bonds is 15. The van der Waals surface area contributed by atoms with Gasteiger partial charge in [-0.1, -0.05) is 32.4 Å². The topological polar surface area (TPSA) is 258 Å². The van der Waals surface area contributed by atoms with Crippen molar-refractivity contribution in [2.45, 2.75) is 70.1 Å². The first-order valence-electron chi connectivity index (χ1n) is 12.6. The van der Waals surface area contributed by atoms with Gasteiger partial charge in [-0.3, -0.25) is 33.8 Å². The summed E-state index contributed by atoms with van der Waals surface area (Å²) in [7, 11) is -4.74. The Morgan fingerprint density at radius 3 is 2.12 bits per heavy atom. The molecule has 0 aliphatic carbocycles. The maximum atomic E-state index is 12.8. The van der Waals surface area contributed by atoms with Gasteiger partial charge in [0, 0.05) is 12.8 Å². The molecule has 5 atom stereocenters. The summed E-state index contributed by atoms with van der Waals surface area (Å²) in [4.78, 5) is 91.0. The number of hydrogen-bond acceptors (Lipinski definition) is 8. The van der Waals surface area contributed by atoms with E-state index in [1.54, 1.807) is 13.8 Å². The van der Waals surface area contributed by atoms with Crippen molar-refractivity contribution in [3.05, 3.63) is 29.8 Å². The van der Waals surface area contributed by atoms with Gasteiger partial charge in [0.05, 0.1) is 6.42 Å². The van der Waals surface area contributed by atoms with Crippen molar-refractivity contribution in [3.63, 3.8) is 0 Å². The summed E-state index contributed by atoms with van der Waals surface area (Å²) < 4.78 is 15.4. The van der Waals surface area contributed by atoms with Crippen LogP contribution < -0.4 is 25.8 Å². The zero-order valence-corrected chi connectivity index (χ0v) is 23.1. The van der Waals surface area contributed by atoms with Crippen molar-refractivity contribution in [1.29, 1.82) is 0 Å². The van der Waals surface area contributed by atoms with Crippen LogP contribution in [-0.4, -0.2) is 79.7 Å². The molecule has 0 radical (unpaired) electrons. The molecular formula is C24H33N4O12P. The van der Waals surface area contributed by atoms with Crippen LogP contribution in [0.3, 0.4) is 0 Å². The van der Waals surface area contributed by atoms with Crippen LogP contribution >= 0.6 is 7.82 Å².